The molecule has 36 heavy (non-hydrogen) atoms. The molecular formula is C26H20Cl2FN3O4. The Kier molecular flexibility index (Phi) is 7.37. The first kappa shape index (κ1) is 25.3. The minimum absolute atomic E-state index is 0.0233. The standard InChI is InChI=1S/C26H20Cl2FN3O4/c1-32-13-15(29)12-18(25(32)34)16-9-8-14(23-17(16)5-4-10-30-23)11-21(26(35)36-2)31-24(33)22-19(27)6-3-7-20(22)28/h3-10,12-13,21H,11H2,1-2H3,(H,31,33)/t21-/m0/s1. The van der Waals surface area contributed by atoms with Gasteiger partial charge in [0.1, 0.15) is 11.9 Å². The number of benzene rings is 2. The summed E-state index contributed by atoms with van der Waals surface area (Å²) in [7, 11) is 2.68. The molecule has 2 aromatic carbocycles. The van der Waals surface area contributed by atoms with Crippen molar-refractivity contribution in [3.8, 4) is 11.1 Å². The van der Waals surface area contributed by atoms with Gasteiger partial charge in [0.2, 0.25) is 0 Å². The predicted octanol–water partition coefficient (Wildman–Crippen LogP) is 4.56. The van der Waals surface area contributed by atoms with E-state index in [4.69, 9.17) is 27.9 Å². The molecule has 184 valence electrons. The van der Waals surface area contributed by atoms with Crippen LogP contribution in [0.2, 0.25) is 10.0 Å². The average molecular weight is 528 g/mol. The van der Waals surface area contributed by atoms with Crippen LogP contribution < -0.4 is 10.9 Å². The van der Waals surface area contributed by atoms with Crippen LogP contribution in [0, 0.1) is 5.82 Å². The summed E-state index contributed by atoms with van der Waals surface area (Å²) in [5.41, 5.74) is 1.42. The van der Waals surface area contributed by atoms with Crippen LogP contribution >= 0.6 is 23.2 Å². The summed E-state index contributed by atoms with van der Waals surface area (Å²) in [5.74, 6) is -1.88. The number of esters is 1. The number of nitrogens with zero attached hydrogens (tertiary/aromatic N) is 2. The first-order valence-electron chi connectivity index (χ1n) is 10.8. The van der Waals surface area contributed by atoms with E-state index >= 15 is 0 Å². The molecule has 1 N–H and O–H groups in total. The van der Waals surface area contributed by atoms with Crippen LogP contribution in [0.1, 0.15) is 15.9 Å². The number of methoxy groups -OCH3 is 1. The fourth-order valence-electron chi connectivity index (χ4n) is 3.99. The molecule has 0 saturated carbocycles. The van der Waals surface area contributed by atoms with Crippen molar-refractivity contribution in [2.75, 3.05) is 7.11 Å². The zero-order valence-electron chi connectivity index (χ0n) is 19.2. The molecule has 0 bridgehead atoms. The Balaban J connectivity index is 1.75. The van der Waals surface area contributed by atoms with Gasteiger partial charge >= 0.3 is 5.97 Å². The number of nitrogens with one attached hydrogen (secondary N) is 1. The number of halogens is 3. The quantitative estimate of drug-likeness (QED) is 0.371. The Morgan fingerprint density at radius 2 is 1.83 bits per heavy atom. The van der Waals surface area contributed by atoms with Crippen molar-refractivity contribution < 1.29 is 18.7 Å². The summed E-state index contributed by atoms with van der Waals surface area (Å²) in [6.45, 7) is 0. The van der Waals surface area contributed by atoms with Gasteiger partial charge in [0.25, 0.3) is 11.5 Å². The number of pyridine rings is 2. The minimum atomic E-state index is -1.09. The van der Waals surface area contributed by atoms with Crippen molar-refractivity contribution >= 4 is 46.0 Å². The molecule has 4 aromatic rings. The van der Waals surface area contributed by atoms with E-state index in [1.54, 1.807) is 36.5 Å². The highest BCUT2D eigenvalue weighted by atomic mass is 35.5. The first-order chi connectivity index (χ1) is 17.2. The molecule has 0 aliphatic rings. The summed E-state index contributed by atoms with van der Waals surface area (Å²) in [4.78, 5) is 42.7. The lowest BCUT2D eigenvalue weighted by molar-refractivity contribution is -0.142. The van der Waals surface area contributed by atoms with Crippen molar-refractivity contribution in [3.63, 3.8) is 0 Å². The Bertz CT molecular complexity index is 1530. The largest absolute Gasteiger partial charge is 0.467 e. The summed E-state index contributed by atoms with van der Waals surface area (Å²) < 4.78 is 20.2. The number of fused-ring (bicyclic) bond motifs is 1. The Hall–Kier alpha value is -3.75. The second-order valence-electron chi connectivity index (χ2n) is 8.01. The van der Waals surface area contributed by atoms with Gasteiger partial charge in [0.05, 0.1) is 33.8 Å². The Morgan fingerprint density at radius 3 is 2.53 bits per heavy atom. The van der Waals surface area contributed by atoms with Crippen LogP contribution in [0.5, 0.6) is 0 Å². The van der Waals surface area contributed by atoms with E-state index in [0.29, 0.717) is 22.0 Å². The van der Waals surface area contributed by atoms with Gasteiger partial charge in [-0.1, -0.05) is 47.5 Å². The molecule has 0 aliphatic carbocycles. The number of hydrogen-bond acceptors (Lipinski definition) is 5. The lowest BCUT2D eigenvalue weighted by atomic mass is 9.95. The molecule has 0 spiro atoms. The highest BCUT2D eigenvalue weighted by Gasteiger charge is 2.26. The van der Waals surface area contributed by atoms with Crippen molar-refractivity contribution in [1.29, 1.82) is 0 Å². The van der Waals surface area contributed by atoms with Crippen molar-refractivity contribution in [1.82, 2.24) is 14.9 Å². The highest BCUT2D eigenvalue weighted by Crippen LogP contribution is 2.29. The maximum absolute atomic E-state index is 14.1. The normalized spacial score (nSPS) is 11.8. The van der Waals surface area contributed by atoms with Crippen LogP contribution in [0.25, 0.3) is 22.0 Å². The summed E-state index contributed by atoms with van der Waals surface area (Å²) in [6.07, 6.45) is 2.69. The number of amides is 1. The lowest BCUT2D eigenvalue weighted by Crippen LogP contribution is -2.43. The molecule has 1 amide bonds. The molecule has 0 aliphatic heterocycles. The fraction of sp³-hybridized carbons (Fsp3) is 0.154. The van der Waals surface area contributed by atoms with Crippen LogP contribution in [0.4, 0.5) is 4.39 Å². The molecular weight excluding hydrogens is 508 g/mol. The van der Waals surface area contributed by atoms with Gasteiger partial charge in [-0.3, -0.25) is 14.6 Å². The van der Waals surface area contributed by atoms with Crippen molar-refractivity contribution in [2.45, 2.75) is 12.5 Å². The smallest absolute Gasteiger partial charge is 0.328 e. The van der Waals surface area contributed by atoms with E-state index in [1.165, 1.54) is 36.9 Å². The summed E-state index contributed by atoms with van der Waals surface area (Å²) in [5, 5.41) is 3.49. The van der Waals surface area contributed by atoms with Gasteiger partial charge in [0, 0.05) is 31.2 Å². The van der Waals surface area contributed by atoms with Crippen molar-refractivity contribution in [3.05, 3.63) is 98.3 Å². The van der Waals surface area contributed by atoms with E-state index in [1.807, 2.05) is 0 Å². The first-order valence-corrected chi connectivity index (χ1v) is 11.5. The molecule has 0 saturated heterocycles. The van der Waals surface area contributed by atoms with Gasteiger partial charge in [-0.2, -0.15) is 0 Å². The third kappa shape index (κ3) is 4.96. The molecule has 1 atom stereocenters. The lowest BCUT2D eigenvalue weighted by Gasteiger charge is -2.19. The summed E-state index contributed by atoms with van der Waals surface area (Å²) in [6, 6.07) is 11.5. The molecule has 2 aromatic heterocycles. The second kappa shape index (κ2) is 10.5. The number of carbonyl (C=O) groups excluding carboxylic acids is 2. The van der Waals surface area contributed by atoms with E-state index in [2.05, 4.69) is 10.3 Å². The third-order valence-corrected chi connectivity index (χ3v) is 6.33. The Morgan fingerprint density at radius 1 is 1.11 bits per heavy atom. The van der Waals surface area contributed by atoms with Gasteiger partial charge in [0.15, 0.2) is 0 Å². The molecule has 2 heterocycles. The monoisotopic (exact) mass is 527 g/mol. The third-order valence-electron chi connectivity index (χ3n) is 5.70. The molecule has 10 heteroatoms. The maximum Gasteiger partial charge on any atom is 0.328 e. The van der Waals surface area contributed by atoms with Crippen LogP contribution in [-0.4, -0.2) is 34.6 Å². The SMILES string of the molecule is COC(=O)[C@H](Cc1ccc(-c2cc(F)cn(C)c2=O)c2cccnc12)NC(=O)c1c(Cl)cccc1Cl. The number of hydrogen-bond donors (Lipinski definition) is 1. The fourth-order valence-corrected chi connectivity index (χ4v) is 4.56. The summed E-state index contributed by atoms with van der Waals surface area (Å²) >= 11 is 12.3. The van der Waals surface area contributed by atoms with E-state index < -0.39 is 23.7 Å². The number of aryl methyl sites for hydroxylation is 1. The van der Waals surface area contributed by atoms with Gasteiger partial charge in [-0.25, -0.2) is 9.18 Å². The number of carbonyl (C=O) groups is 2. The average Bonchev–Trinajstić information content (AvgIpc) is 2.85. The van der Waals surface area contributed by atoms with E-state index in [0.717, 1.165) is 6.20 Å². The number of rotatable bonds is 6. The predicted molar refractivity (Wildman–Crippen MR) is 136 cm³/mol. The zero-order chi connectivity index (χ0) is 26.0. The maximum atomic E-state index is 14.1. The van der Waals surface area contributed by atoms with Gasteiger partial charge < -0.3 is 14.6 Å². The molecule has 0 unspecified atom stereocenters. The number of aromatic nitrogens is 2. The van der Waals surface area contributed by atoms with Crippen molar-refractivity contribution in [2.24, 2.45) is 7.05 Å². The molecule has 0 fully saturated rings. The second-order valence-corrected chi connectivity index (χ2v) is 8.82. The number of ether oxygens (including phenoxy) is 1. The van der Waals surface area contributed by atoms with E-state index in [-0.39, 0.29) is 33.2 Å². The zero-order valence-corrected chi connectivity index (χ0v) is 20.7. The van der Waals surface area contributed by atoms with Gasteiger partial charge in [-0.15, -0.1) is 0 Å². The van der Waals surface area contributed by atoms with E-state index in [9.17, 15) is 18.8 Å². The van der Waals surface area contributed by atoms with Crippen LogP contribution in [-0.2, 0) is 23.0 Å². The molecule has 4 rings (SSSR count). The molecule has 7 nitrogen and oxygen atoms in total. The van der Waals surface area contributed by atoms with Crippen LogP contribution in [0.3, 0.4) is 0 Å². The van der Waals surface area contributed by atoms with Gasteiger partial charge in [-0.05, 0) is 35.4 Å². The topological polar surface area (TPSA) is 90.3 Å². The molecule has 0 radical (unpaired) electrons. The Labute approximate surface area is 215 Å². The minimum Gasteiger partial charge on any atom is -0.467 e. The van der Waals surface area contributed by atoms with Crippen LogP contribution in [0.15, 0.2) is 65.7 Å². The highest BCUT2D eigenvalue weighted by molar-refractivity contribution is 6.39.